The van der Waals surface area contributed by atoms with Gasteiger partial charge in [-0.1, -0.05) is 49.0 Å². The Balaban J connectivity index is 1.92. The predicted molar refractivity (Wildman–Crippen MR) is 104 cm³/mol. The van der Waals surface area contributed by atoms with Crippen LogP contribution in [0.2, 0.25) is 0 Å². The van der Waals surface area contributed by atoms with Crippen molar-refractivity contribution in [2.24, 2.45) is 0 Å². The van der Waals surface area contributed by atoms with E-state index in [4.69, 9.17) is 5.73 Å². The first-order valence-corrected chi connectivity index (χ1v) is 8.22. The number of nitrogen functional groups attached to an aromatic ring is 1. The van der Waals surface area contributed by atoms with Gasteiger partial charge >= 0.3 is 0 Å². The summed E-state index contributed by atoms with van der Waals surface area (Å²) in [6.45, 7) is 7.97. The molecule has 4 nitrogen and oxygen atoms in total. The number of benzene rings is 2. The first-order chi connectivity index (χ1) is 12.1. The van der Waals surface area contributed by atoms with E-state index in [2.05, 4.69) is 65.1 Å². The van der Waals surface area contributed by atoms with Crippen molar-refractivity contribution in [1.82, 2.24) is 9.97 Å². The number of hydrogen-bond donors (Lipinski definition) is 1. The van der Waals surface area contributed by atoms with Crippen LogP contribution in [-0.4, -0.2) is 9.97 Å². The summed E-state index contributed by atoms with van der Waals surface area (Å²) in [6, 6.07) is 18.9. The Morgan fingerprint density at radius 3 is 2.24 bits per heavy atom. The number of aryl methyl sites for hydroxylation is 1. The van der Waals surface area contributed by atoms with Crippen LogP contribution in [0.5, 0.6) is 0 Å². The lowest BCUT2D eigenvalue weighted by atomic mass is 10.0. The number of anilines is 3. The summed E-state index contributed by atoms with van der Waals surface area (Å²) in [5, 5.41) is 0. The maximum atomic E-state index is 6.10. The predicted octanol–water partition coefficient (Wildman–Crippen LogP) is 4.63. The van der Waals surface area contributed by atoms with Gasteiger partial charge in [-0.05, 0) is 43.5 Å². The van der Waals surface area contributed by atoms with Crippen molar-refractivity contribution in [2.45, 2.75) is 20.3 Å². The highest BCUT2D eigenvalue weighted by Crippen LogP contribution is 2.34. The molecule has 0 atom stereocenters. The molecule has 1 aromatic heterocycles. The van der Waals surface area contributed by atoms with Crippen molar-refractivity contribution in [3.8, 4) is 0 Å². The first-order valence-electron chi connectivity index (χ1n) is 8.22. The third-order valence-electron chi connectivity index (χ3n) is 4.08. The summed E-state index contributed by atoms with van der Waals surface area (Å²) in [5.74, 6) is 0.448. The molecule has 0 radical (unpaired) electrons. The van der Waals surface area contributed by atoms with Crippen molar-refractivity contribution < 1.29 is 0 Å². The van der Waals surface area contributed by atoms with Crippen LogP contribution >= 0.6 is 0 Å². The molecule has 0 aliphatic heterocycles. The van der Waals surface area contributed by atoms with Gasteiger partial charge in [-0.2, -0.15) is 0 Å². The molecule has 3 rings (SSSR count). The van der Waals surface area contributed by atoms with E-state index in [0.29, 0.717) is 5.82 Å². The van der Waals surface area contributed by atoms with Crippen LogP contribution in [0.15, 0.2) is 73.2 Å². The van der Waals surface area contributed by atoms with Gasteiger partial charge in [0.2, 0.25) is 0 Å². The van der Waals surface area contributed by atoms with Crippen LogP contribution in [0.1, 0.15) is 23.7 Å². The minimum atomic E-state index is 0.448. The second-order valence-corrected chi connectivity index (χ2v) is 6.09. The summed E-state index contributed by atoms with van der Waals surface area (Å²) >= 11 is 0. The summed E-state index contributed by atoms with van der Waals surface area (Å²) in [7, 11) is 0. The van der Waals surface area contributed by atoms with Gasteiger partial charge in [0, 0.05) is 11.4 Å². The Hall–Kier alpha value is -3.14. The maximum Gasteiger partial charge on any atom is 0.151 e. The largest absolute Gasteiger partial charge is 0.382 e. The molecule has 2 aromatic carbocycles. The average molecular weight is 330 g/mol. The number of aromatic nitrogens is 2. The Kier molecular flexibility index (Phi) is 4.80. The highest BCUT2D eigenvalue weighted by molar-refractivity contribution is 5.77. The summed E-state index contributed by atoms with van der Waals surface area (Å²) in [5.41, 5.74) is 12.1. The van der Waals surface area contributed by atoms with Gasteiger partial charge in [0.25, 0.3) is 0 Å². The van der Waals surface area contributed by atoms with Gasteiger partial charge in [0.15, 0.2) is 5.82 Å². The maximum absolute atomic E-state index is 6.10. The van der Waals surface area contributed by atoms with E-state index in [-0.39, 0.29) is 0 Å². The monoisotopic (exact) mass is 330 g/mol. The molecule has 0 unspecified atom stereocenters. The number of nitrogens with two attached hydrogens (primary N) is 1. The molecule has 0 aliphatic rings. The van der Waals surface area contributed by atoms with E-state index in [1.807, 2.05) is 24.8 Å². The standard InChI is InChI=1S/C21H22N4/c1-15(2)25(20-16(3)23-14-24-21(20)22)19-11-9-18(10-12-19)13-17-7-5-4-6-8-17/h4-12,14H,1,13H2,2-3H3,(H2,22,23,24). The molecule has 3 aromatic rings. The smallest absolute Gasteiger partial charge is 0.151 e. The van der Waals surface area contributed by atoms with E-state index < -0.39 is 0 Å². The van der Waals surface area contributed by atoms with Crippen molar-refractivity contribution in [2.75, 3.05) is 10.6 Å². The van der Waals surface area contributed by atoms with Crippen molar-refractivity contribution >= 4 is 17.2 Å². The van der Waals surface area contributed by atoms with E-state index in [1.54, 1.807) is 0 Å². The molecule has 1 heterocycles. The SMILES string of the molecule is C=C(C)N(c1ccc(Cc2ccccc2)cc1)c1c(C)ncnc1N. The molecule has 0 bridgehead atoms. The van der Waals surface area contributed by atoms with E-state index in [1.165, 1.54) is 17.5 Å². The van der Waals surface area contributed by atoms with Crippen molar-refractivity contribution in [1.29, 1.82) is 0 Å². The van der Waals surface area contributed by atoms with Crippen molar-refractivity contribution in [3.63, 3.8) is 0 Å². The molecular formula is C21H22N4. The molecule has 25 heavy (non-hydrogen) atoms. The quantitative estimate of drug-likeness (QED) is 0.741. The van der Waals surface area contributed by atoms with Gasteiger partial charge in [-0.3, -0.25) is 0 Å². The fraction of sp³-hybridized carbons (Fsp3) is 0.143. The molecule has 0 saturated carbocycles. The number of rotatable bonds is 5. The van der Waals surface area contributed by atoms with Crippen LogP contribution in [0.25, 0.3) is 0 Å². The molecule has 0 fully saturated rings. The highest BCUT2D eigenvalue weighted by atomic mass is 15.2. The number of hydrogen-bond acceptors (Lipinski definition) is 4. The lowest BCUT2D eigenvalue weighted by molar-refractivity contribution is 1.05. The van der Waals surface area contributed by atoms with Gasteiger partial charge in [-0.25, -0.2) is 9.97 Å². The molecule has 126 valence electrons. The second-order valence-electron chi connectivity index (χ2n) is 6.09. The van der Waals surface area contributed by atoms with Crippen LogP contribution in [-0.2, 0) is 6.42 Å². The van der Waals surface area contributed by atoms with Gasteiger partial charge in [0.1, 0.15) is 12.0 Å². The third kappa shape index (κ3) is 3.69. The fourth-order valence-electron chi connectivity index (χ4n) is 2.90. The van der Waals surface area contributed by atoms with Crippen LogP contribution in [0, 0.1) is 6.92 Å². The lowest BCUT2D eigenvalue weighted by Gasteiger charge is -2.27. The summed E-state index contributed by atoms with van der Waals surface area (Å²) < 4.78 is 0. The van der Waals surface area contributed by atoms with E-state index in [9.17, 15) is 0 Å². The van der Waals surface area contributed by atoms with E-state index >= 15 is 0 Å². The third-order valence-corrected chi connectivity index (χ3v) is 4.08. The molecule has 0 amide bonds. The van der Waals surface area contributed by atoms with Crippen molar-refractivity contribution in [3.05, 3.63) is 90.0 Å². The summed E-state index contributed by atoms with van der Waals surface area (Å²) in [4.78, 5) is 10.4. The van der Waals surface area contributed by atoms with Crippen LogP contribution < -0.4 is 10.6 Å². The zero-order valence-electron chi connectivity index (χ0n) is 14.6. The topological polar surface area (TPSA) is 55.0 Å². The Morgan fingerprint density at radius 1 is 1.00 bits per heavy atom. The lowest BCUT2D eigenvalue weighted by Crippen LogP contribution is -2.18. The first kappa shape index (κ1) is 16.7. The second kappa shape index (κ2) is 7.18. The minimum absolute atomic E-state index is 0.448. The van der Waals surface area contributed by atoms with Gasteiger partial charge in [-0.15, -0.1) is 0 Å². The zero-order valence-corrected chi connectivity index (χ0v) is 14.6. The number of allylic oxidation sites excluding steroid dienone is 1. The van der Waals surface area contributed by atoms with Crippen LogP contribution in [0.3, 0.4) is 0 Å². The number of nitrogens with zero attached hydrogens (tertiary/aromatic N) is 3. The molecular weight excluding hydrogens is 308 g/mol. The Morgan fingerprint density at radius 2 is 1.64 bits per heavy atom. The molecule has 0 spiro atoms. The van der Waals surface area contributed by atoms with E-state index in [0.717, 1.165) is 29.2 Å². The molecule has 0 saturated heterocycles. The Bertz CT molecular complexity index is 850. The van der Waals surface area contributed by atoms with Gasteiger partial charge < -0.3 is 10.6 Å². The Labute approximate surface area is 148 Å². The fourth-order valence-corrected chi connectivity index (χ4v) is 2.90. The van der Waals surface area contributed by atoms with Crippen LogP contribution in [0.4, 0.5) is 17.2 Å². The molecule has 2 N–H and O–H groups in total. The van der Waals surface area contributed by atoms with Gasteiger partial charge in [0.05, 0.1) is 5.69 Å². The zero-order chi connectivity index (χ0) is 17.8. The molecule has 0 aliphatic carbocycles. The summed E-state index contributed by atoms with van der Waals surface area (Å²) in [6.07, 6.45) is 2.39. The minimum Gasteiger partial charge on any atom is -0.382 e. The molecule has 4 heteroatoms. The average Bonchev–Trinajstić information content (AvgIpc) is 2.60. The normalized spacial score (nSPS) is 10.5. The highest BCUT2D eigenvalue weighted by Gasteiger charge is 2.17.